The van der Waals surface area contributed by atoms with Crippen LogP contribution in [0.3, 0.4) is 0 Å². The zero-order valence-corrected chi connectivity index (χ0v) is 13.6. The molecule has 1 N–H and O–H groups in total. The van der Waals surface area contributed by atoms with Gasteiger partial charge in [0, 0.05) is 24.6 Å². The molecule has 0 bridgehead atoms. The molecule has 0 aromatic heterocycles. The second-order valence-electron chi connectivity index (χ2n) is 5.18. The topological polar surface area (TPSA) is 32.7 Å². The quantitative estimate of drug-likeness (QED) is 0.783. The molecule has 0 radical (unpaired) electrons. The molecule has 0 spiro atoms. The Balaban J connectivity index is 2.98. The van der Waals surface area contributed by atoms with Crippen molar-refractivity contribution in [2.75, 3.05) is 20.8 Å². The van der Waals surface area contributed by atoms with Gasteiger partial charge < -0.3 is 9.84 Å². The molecule has 1 rings (SSSR count). The number of rotatable bonds is 7. The van der Waals surface area contributed by atoms with Gasteiger partial charge in [-0.15, -0.1) is 0 Å². The van der Waals surface area contributed by atoms with Gasteiger partial charge in [-0.05, 0) is 43.7 Å². The Morgan fingerprint density at radius 1 is 1.29 bits per heavy atom. The third kappa shape index (κ3) is 5.41. The van der Waals surface area contributed by atoms with Crippen molar-refractivity contribution in [3.63, 3.8) is 0 Å². The lowest BCUT2D eigenvalue weighted by molar-refractivity contribution is 0.221. The van der Waals surface area contributed by atoms with E-state index in [4.69, 9.17) is 9.84 Å². The molecular formula is C18H27NO2. The first-order valence-electron chi connectivity index (χ1n) is 7.63. The van der Waals surface area contributed by atoms with Gasteiger partial charge in [-0.25, -0.2) is 0 Å². The minimum atomic E-state index is 0.103. The van der Waals surface area contributed by atoms with E-state index in [-0.39, 0.29) is 6.61 Å². The van der Waals surface area contributed by atoms with Gasteiger partial charge in [-0.1, -0.05) is 25.7 Å². The normalized spacial score (nSPS) is 10.6. The molecule has 0 heterocycles. The fourth-order valence-corrected chi connectivity index (χ4v) is 2.47. The highest BCUT2D eigenvalue weighted by Crippen LogP contribution is 2.20. The standard InChI is InChI=1S/C18H27NO2/c1-5-17(6-2)19(3)14-16-13-18(21-4)11-10-15(16)9-7-8-12-20/h10-11,13,17,20H,5-6,8,12,14H2,1-4H3. The molecule has 21 heavy (non-hydrogen) atoms. The van der Waals surface area contributed by atoms with Gasteiger partial charge in [-0.2, -0.15) is 0 Å². The fraction of sp³-hybridized carbons (Fsp3) is 0.556. The van der Waals surface area contributed by atoms with Crippen molar-refractivity contribution in [2.45, 2.75) is 45.7 Å². The van der Waals surface area contributed by atoms with Crippen LogP contribution in [0, 0.1) is 11.8 Å². The van der Waals surface area contributed by atoms with Gasteiger partial charge in [0.15, 0.2) is 0 Å². The predicted molar refractivity (Wildman–Crippen MR) is 87.4 cm³/mol. The molecule has 0 saturated heterocycles. The number of methoxy groups -OCH3 is 1. The van der Waals surface area contributed by atoms with Crippen LogP contribution >= 0.6 is 0 Å². The maximum Gasteiger partial charge on any atom is 0.119 e. The molecule has 0 atom stereocenters. The van der Waals surface area contributed by atoms with Crippen molar-refractivity contribution in [3.8, 4) is 17.6 Å². The monoisotopic (exact) mass is 289 g/mol. The van der Waals surface area contributed by atoms with Crippen LogP contribution in [0.1, 0.15) is 44.2 Å². The molecule has 0 aliphatic rings. The molecule has 116 valence electrons. The first-order chi connectivity index (χ1) is 10.2. The molecule has 3 nitrogen and oxygen atoms in total. The van der Waals surface area contributed by atoms with Crippen LogP contribution in [-0.2, 0) is 6.54 Å². The lowest BCUT2D eigenvalue weighted by atomic mass is 10.0. The minimum absolute atomic E-state index is 0.103. The Morgan fingerprint density at radius 2 is 2.00 bits per heavy atom. The summed E-state index contributed by atoms with van der Waals surface area (Å²) in [7, 11) is 3.84. The van der Waals surface area contributed by atoms with Crippen LogP contribution in [0.5, 0.6) is 5.75 Å². The van der Waals surface area contributed by atoms with Crippen LogP contribution in [0.2, 0.25) is 0 Å². The number of benzene rings is 1. The molecule has 1 aromatic carbocycles. The summed E-state index contributed by atoms with van der Waals surface area (Å²) in [4.78, 5) is 2.37. The smallest absolute Gasteiger partial charge is 0.119 e. The van der Waals surface area contributed by atoms with Crippen LogP contribution in [0.4, 0.5) is 0 Å². The molecule has 0 aliphatic heterocycles. The number of hydrogen-bond acceptors (Lipinski definition) is 3. The average molecular weight is 289 g/mol. The Hall–Kier alpha value is -1.50. The Labute approximate surface area is 128 Å². The van der Waals surface area contributed by atoms with E-state index in [9.17, 15) is 0 Å². The van der Waals surface area contributed by atoms with Crippen molar-refractivity contribution < 1.29 is 9.84 Å². The van der Waals surface area contributed by atoms with Gasteiger partial charge in [0.1, 0.15) is 5.75 Å². The maximum atomic E-state index is 8.85. The first kappa shape index (κ1) is 17.6. The highest BCUT2D eigenvalue weighted by atomic mass is 16.5. The molecule has 0 aliphatic carbocycles. The number of ether oxygens (including phenoxy) is 1. The second-order valence-corrected chi connectivity index (χ2v) is 5.18. The van der Waals surface area contributed by atoms with E-state index in [0.29, 0.717) is 12.5 Å². The molecule has 1 aromatic rings. The second kappa shape index (κ2) is 9.44. The number of aliphatic hydroxyl groups is 1. The summed E-state index contributed by atoms with van der Waals surface area (Å²) in [6, 6.07) is 6.57. The van der Waals surface area contributed by atoms with Gasteiger partial charge in [0.05, 0.1) is 13.7 Å². The lowest BCUT2D eigenvalue weighted by Gasteiger charge is -2.26. The Morgan fingerprint density at radius 3 is 2.57 bits per heavy atom. The van der Waals surface area contributed by atoms with Gasteiger partial charge >= 0.3 is 0 Å². The number of aliphatic hydroxyl groups excluding tert-OH is 1. The predicted octanol–water partition coefficient (Wildman–Crippen LogP) is 3.05. The summed E-state index contributed by atoms with van der Waals surface area (Å²) in [5, 5.41) is 8.85. The Kier molecular flexibility index (Phi) is 7.89. The van der Waals surface area contributed by atoms with Crippen molar-refractivity contribution in [3.05, 3.63) is 29.3 Å². The summed E-state index contributed by atoms with van der Waals surface area (Å²) < 4.78 is 5.32. The van der Waals surface area contributed by atoms with E-state index < -0.39 is 0 Å². The highest BCUT2D eigenvalue weighted by molar-refractivity contribution is 5.45. The van der Waals surface area contributed by atoms with Crippen molar-refractivity contribution in [1.29, 1.82) is 0 Å². The number of hydrogen-bond donors (Lipinski definition) is 1. The highest BCUT2D eigenvalue weighted by Gasteiger charge is 2.13. The zero-order chi connectivity index (χ0) is 15.7. The first-order valence-corrected chi connectivity index (χ1v) is 7.63. The van der Waals surface area contributed by atoms with E-state index in [2.05, 4.69) is 43.7 Å². The number of nitrogens with zero attached hydrogens (tertiary/aromatic N) is 1. The lowest BCUT2D eigenvalue weighted by Crippen LogP contribution is -2.30. The van der Waals surface area contributed by atoms with E-state index in [1.807, 2.05) is 12.1 Å². The molecule has 0 amide bonds. The van der Waals surface area contributed by atoms with Crippen LogP contribution in [0.25, 0.3) is 0 Å². The summed E-state index contributed by atoms with van der Waals surface area (Å²) in [6.45, 7) is 5.40. The third-order valence-corrected chi connectivity index (χ3v) is 3.76. The van der Waals surface area contributed by atoms with Crippen LogP contribution in [0.15, 0.2) is 18.2 Å². The summed E-state index contributed by atoms with van der Waals surface area (Å²) in [5.74, 6) is 7.01. The van der Waals surface area contributed by atoms with Crippen molar-refractivity contribution >= 4 is 0 Å². The Bertz CT molecular complexity index is 484. The SMILES string of the molecule is CCC(CC)N(C)Cc1cc(OC)ccc1C#CCCO. The molecule has 3 heteroatoms. The van der Waals surface area contributed by atoms with E-state index >= 15 is 0 Å². The average Bonchev–Trinajstić information content (AvgIpc) is 2.50. The minimum Gasteiger partial charge on any atom is -0.497 e. The summed E-state index contributed by atoms with van der Waals surface area (Å²) >= 11 is 0. The summed E-state index contributed by atoms with van der Waals surface area (Å²) in [6.07, 6.45) is 2.79. The molecular weight excluding hydrogens is 262 g/mol. The van der Waals surface area contributed by atoms with Crippen LogP contribution < -0.4 is 4.74 Å². The van der Waals surface area contributed by atoms with Gasteiger partial charge in [-0.3, -0.25) is 4.90 Å². The van der Waals surface area contributed by atoms with E-state index in [1.54, 1.807) is 7.11 Å². The van der Waals surface area contributed by atoms with Gasteiger partial charge in [0.25, 0.3) is 0 Å². The van der Waals surface area contributed by atoms with Crippen LogP contribution in [-0.4, -0.2) is 36.8 Å². The van der Waals surface area contributed by atoms with E-state index in [1.165, 1.54) is 5.56 Å². The summed E-state index contributed by atoms with van der Waals surface area (Å²) in [5.41, 5.74) is 2.19. The third-order valence-electron chi connectivity index (χ3n) is 3.76. The largest absolute Gasteiger partial charge is 0.497 e. The fourth-order valence-electron chi connectivity index (χ4n) is 2.47. The maximum absolute atomic E-state index is 8.85. The van der Waals surface area contributed by atoms with E-state index in [0.717, 1.165) is 30.7 Å². The van der Waals surface area contributed by atoms with Crippen molar-refractivity contribution in [1.82, 2.24) is 4.90 Å². The molecule has 0 fully saturated rings. The van der Waals surface area contributed by atoms with Gasteiger partial charge in [0.2, 0.25) is 0 Å². The van der Waals surface area contributed by atoms with Crippen molar-refractivity contribution in [2.24, 2.45) is 0 Å². The molecule has 0 unspecified atom stereocenters. The zero-order valence-electron chi connectivity index (χ0n) is 13.6. The molecule has 0 saturated carbocycles.